The van der Waals surface area contributed by atoms with Crippen LogP contribution in [0.4, 0.5) is 0 Å². The molecule has 2 aromatic carbocycles. The first-order chi connectivity index (χ1) is 9.06. The molecule has 0 aromatic heterocycles. The van der Waals surface area contributed by atoms with Crippen LogP contribution >= 0.6 is 27.5 Å². The Kier molecular flexibility index (Phi) is 4.45. The molecule has 0 aliphatic carbocycles. The number of nitrogen functional groups attached to an aromatic ring is 1. The number of nitrogens with one attached hydrogen (secondary N) is 1. The number of rotatable bonds is 4. The van der Waals surface area contributed by atoms with Gasteiger partial charge in [0.05, 0.1) is 0 Å². The molecule has 0 aliphatic heterocycles. The summed E-state index contributed by atoms with van der Waals surface area (Å²) >= 11 is 9.51. The first-order valence-electron chi connectivity index (χ1n) is 5.57. The van der Waals surface area contributed by atoms with E-state index in [9.17, 15) is 0 Å². The van der Waals surface area contributed by atoms with Crippen LogP contribution in [0.2, 0.25) is 5.02 Å². The Bertz CT molecular complexity index is 616. The highest BCUT2D eigenvalue weighted by atomic mass is 79.9. The van der Waals surface area contributed by atoms with Gasteiger partial charge in [-0.3, -0.25) is 5.41 Å². The highest BCUT2D eigenvalue weighted by Crippen LogP contribution is 2.22. The van der Waals surface area contributed by atoms with Gasteiger partial charge in [-0.2, -0.15) is 0 Å². The zero-order valence-electron chi connectivity index (χ0n) is 9.99. The van der Waals surface area contributed by atoms with E-state index >= 15 is 0 Å². The van der Waals surface area contributed by atoms with Crippen molar-refractivity contribution in [1.82, 2.24) is 0 Å². The van der Waals surface area contributed by atoms with Crippen molar-refractivity contribution in [3.63, 3.8) is 0 Å². The molecule has 0 bridgehead atoms. The molecule has 19 heavy (non-hydrogen) atoms. The lowest BCUT2D eigenvalue weighted by Gasteiger charge is -2.09. The topological polar surface area (TPSA) is 59.1 Å². The average Bonchev–Trinajstić information content (AvgIpc) is 2.37. The van der Waals surface area contributed by atoms with E-state index in [1.165, 1.54) is 0 Å². The largest absolute Gasteiger partial charge is 0.489 e. The smallest absolute Gasteiger partial charge is 0.122 e. The van der Waals surface area contributed by atoms with Gasteiger partial charge in [-0.05, 0) is 24.3 Å². The van der Waals surface area contributed by atoms with Crippen LogP contribution in [0, 0.1) is 5.41 Å². The Morgan fingerprint density at radius 1 is 1.26 bits per heavy atom. The summed E-state index contributed by atoms with van der Waals surface area (Å²) in [5.74, 6) is 0.766. The molecule has 0 radical (unpaired) electrons. The molecule has 0 spiro atoms. The molecule has 0 fully saturated rings. The number of benzene rings is 2. The Hall–Kier alpha value is -1.52. The summed E-state index contributed by atoms with van der Waals surface area (Å²) in [5.41, 5.74) is 6.86. The third kappa shape index (κ3) is 3.72. The normalized spacial score (nSPS) is 10.2. The standard InChI is InChI=1S/C14H12BrClN2O/c15-11-2-1-3-12(7-11)19-8-10-5-4-9(14(17)18)6-13(10)16/h1-7H,8H2,(H3,17,18). The maximum atomic E-state index is 7.35. The molecule has 0 saturated carbocycles. The predicted octanol–water partition coefficient (Wildman–Crippen LogP) is 3.97. The first-order valence-corrected chi connectivity index (χ1v) is 6.74. The Morgan fingerprint density at radius 3 is 2.68 bits per heavy atom. The van der Waals surface area contributed by atoms with Crippen LogP contribution in [0.25, 0.3) is 0 Å². The Balaban J connectivity index is 2.10. The molecule has 0 unspecified atom stereocenters. The van der Waals surface area contributed by atoms with E-state index in [0.29, 0.717) is 17.2 Å². The van der Waals surface area contributed by atoms with E-state index < -0.39 is 0 Å². The van der Waals surface area contributed by atoms with E-state index in [4.69, 9.17) is 27.5 Å². The van der Waals surface area contributed by atoms with Crippen molar-refractivity contribution in [3.8, 4) is 5.75 Å². The molecule has 0 heterocycles. The van der Waals surface area contributed by atoms with Gasteiger partial charge < -0.3 is 10.5 Å². The molecule has 0 atom stereocenters. The number of nitrogens with two attached hydrogens (primary N) is 1. The molecule has 0 saturated heterocycles. The van der Waals surface area contributed by atoms with Crippen LogP contribution in [0.15, 0.2) is 46.9 Å². The molecule has 98 valence electrons. The number of amidine groups is 1. The van der Waals surface area contributed by atoms with Crippen LogP contribution in [0.3, 0.4) is 0 Å². The summed E-state index contributed by atoms with van der Waals surface area (Å²) in [7, 11) is 0. The molecule has 5 heteroatoms. The summed E-state index contributed by atoms with van der Waals surface area (Å²) in [6.45, 7) is 0.369. The molecule has 0 amide bonds. The molecule has 3 nitrogen and oxygen atoms in total. The van der Waals surface area contributed by atoms with Gasteiger partial charge in [0.25, 0.3) is 0 Å². The van der Waals surface area contributed by atoms with Crippen molar-refractivity contribution >= 4 is 33.4 Å². The van der Waals surface area contributed by atoms with Crippen molar-refractivity contribution in [3.05, 3.63) is 63.1 Å². The summed E-state index contributed by atoms with van der Waals surface area (Å²) in [6, 6.07) is 12.8. The third-order valence-corrected chi connectivity index (χ3v) is 3.40. The number of halogens is 2. The predicted molar refractivity (Wildman–Crippen MR) is 80.9 cm³/mol. The summed E-state index contributed by atoms with van der Waals surface area (Å²) in [5, 5.41) is 7.89. The molecule has 3 N–H and O–H groups in total. The van der Waals surface area contributed by atoms with Gasteiger partial charge in [-0.25, -0.2) is 0 Å². The zero-order valence-corrected chi connectivity index (χ0v) is 12.3. The maximum Gasteiger partial charge on any atom is 0.122 e. The number of hydrogen-bond acceptors (Lipinski definition) is 2. The minimum absolute atomic E-state index is 0.00126. The fraction of sp³-hybridized carbons (Fsp3) is 0.0714. The summed E-state index contributed by atoms with van der Waals surface area (Å²) in [6.07, 6.45) is 0. The van der Waals surface area contributed by atoms with E-state index in [2.05, 4.69) is 15.9 Å². The van der Waals surface area contributed by atoms with E-state index in [-0.39, 0.29) is 5.84 Å². The van der Waals surface area contributed by atoms with Crippen molar-refractivity contribution in [2.24, 2.45) is 5.73 Å². The van der Waals surface area contributed by atoms with Gasteiger partial charge in [0, 0.05) is 20.6 Å². The molecule has 2 rings (SSSR count). The van der Waals surface area contributed by atoms with Crippen molar-refractivity contribution < 1.29 is 4.74 Å². The molecular formula is C14H12BrClN2O. The lowest BCUT2D eigenvalue weighted by Crippen LogP contribution is -2.11. The minimum atomic E-state index is 0.00126. The van der Waals surface area contributed by atoms with Gasteiger partial charge in [-0.15, -0.1) is 0 Å². The third-order valence-electron chi connectivity index (χ3n) is 2.55. The summed E-state index contributed by atoms with van der Waals surface area (Å²) < 4.78 is 6.62. The lowest BCUT2D eigenvalue weighted by molar-refractivity contribution is 0.306. The maximum absolute atomic E-state index is 7.35. The van der Waals surface area contributed by atoms with Gasteiger partial charge in [0.2, 0.25) is 0 Å². The second-order valence-corrected chi connectivity index (χ2v) is 5.29. The fourth-order valence-corrected chi connectivity index (χ4v) is 2.16. The lowest BCUT2D eigenvalue weighted by atomic mass is 10.1. The van der Waals surface area contributed by atoms with E-state index in [1.807, 2.05) is 30.3 Å². The average molecular weight is 340 g/mol. The van der Waals surface area contributed by atoms with Gasteiger partial charge in [0.15, 0.2) is 0 Å². The first kappa shape index (κ1) is 13.9. The van der Waals surface area contributed by atoms with Crippen LogP contribution in [0.1, 0.15) is 11.1 Å². The van der Waals surface area contributed by atoms with Crippen molar-refractivity contribution in [2.75, 3.05) is 0 Å². The minimum Gasteiger partial charge on any atom is -0.489 e. The van der Waals surface area contributed by atoms with Gasteiger partial charge in [0.1, 0.15) is 18.2 Å². The van der Waals surface area contributed by atoms with E-state index in [1.54, 1.807) is 12.1 Å². The van der Waals surface area contributed by atoms with E-state index in [0.717, 1.165) is 15.8 Å². The SMILES string of the molecule is N=C(N)c1ccc(COc2cccc(Br)c2)c(Cl)c1. The monoisotopic (exact) mass is 338 g/mol. The molecular weight excluding hydrogens is 328 g/mol. The van der Waals surface area contributed by atoms with Gasteiger partial charge in [-0.1, -0.05) is 45.7 Å². The van der Waals surface area contributed by atoms with Crippen LogP contribution < -0.4 is 10.5 Å². The Labute approximate surface area is 125 Å². The molecule has 2 aromatic rings. The molecule has 0 aliphatic rings. The zero-order chi connectivity index (χ0) is 13.8. The van der Waals surface area contributed by atoms with Crippen LogP contribution in [-0.2, 0) is 6.61 Å². The van der Waals surface area contributed by atoms with Gasteiger partial charge >= 0.3 is 0 Å². The second kappa shape index (κ2) is 6.08. The van der Waals surface area contributed by atoms with Crippen LogP contribution in [-0.4, -0.2) is 5.84 Å². The van der Waals surface area contributed by atoms with Crippen LogP contribution in [0.5, 0.6) is 5.75 Å². The number of hydrogen-bond donors (Lipinski definition) is 2. The van der Waals surface area contributed by atoms with Crippen molar-refractivity contribution in [1.29, 1.82) is 5.41 Å². The van der Waals surface area contributed by atoms with Crippen molar-refractivity contribution in [2.45, 2.75) is 6.61 Å². The summed E-state index contributed by atoms with van der Waals surface area (Å²) in [4.78, 5) is 0. The fourth-order valence-electron chi connectivity index (χ4n) is 1.55. The Morgan fingerprint density at radius 2 is 2.05 bits per heavy atom. The number of ether oxygens (including phenoxy) is 1. The highest BCUT2D eigenvalue weighted by Gasteiger charge is 2.05. The highest BCUT2D eigenvalue weighted by molar-refractivity contribution is 9.10. The quantitative estimate of drug-likeness (QED) is 0.654. The second-order valence-electron chi connectivity index (χ2n) is 3.97.